The van der Waals surface area contributed by atoms with E-state index in [4.69, 9.17) is 0 Å². The van der Waals surface area contributed by atoms with Crippen molar-refractivity contribution in [3.05, 3.63) is 51.0 Å². The van der Waals surface area contributed by atoms with Gasteiger partial charge in [-0.3, -0.25) is 9.69 Å². The minimum atomic E-state index is -0.575. The lowest BCUT2D eigenvalue weighted by Crippen LogP contribution is -2.42. The van der Waals surface area contributed by atoms with Gasteiger partial charge in [0.05, 0.1) is 16.8 Å². The molecule has 0 spiro atoms. The summed E-state index contributed by atoms with van der Waals surface area (Å²) in [5.74, 6) is -0.152. The van der Waals surface area contributed by atoms with Gasteiger partial charge in [0.25, 0.3) is 5.91 Å². The highest BCUT2D eigenvalue weighted by Crippen LogP contribution is 2.19. The number of β-amino-alcohol motifs (C(OH)–C–C–N with tert-alkyl or cyclic N) is 1. The Labute approximate surface area is 146 Å². The van der Waals surface area contributed by atoms with Crippen LogP contribution in [0.1, 0.15) is 31.5 Å². The number of rotatable bonds is 5. The lowest BCUT2D eigenvalue weighted by atomic mass is 10.00. The van der Waals surface area contributed by atoms with Crippen LogP contribution in [0.3, 0.4) is 0 Å². The van der Waals surface area contributed by atoms with Gasteiger partial charge in [-0.05, 0) is 31.4 Å². The zero-order valence-corrected chi connectivity index (χ0v) is 14.9. The van der Waals surface area contributed by atoms with Crippen molar-refractivity contribution in [3.8, 4) is 0 Å². The van der Waals surface area contributed by atoms with Crippen LogP contribution in [-0.4, -0.2) is 46.6 Å². The molecule has 2 aromatic rings. The summed E-state index contributed by atoms with van der Waals surface area (Å²) < 4.78 is 0. The third-order valence-electron chi connectivity index (χ3n) is 4.29. The van der Waals surface area contributed by atoms with Crippen molar-refractivity contribution in [3.63, 3.8) is 0 Å². The molecule has 1 aliphatic rings. The molecule has 6 heteroatoms. The van der Waals surface area contributed by atoms with Gasteiger partial charge in [-0.15, -0.1) is 11.3 Å². The second-order valence-corrected chi connectivity index (χ2v) is 7.47. The normalized spacial score (nSPS) is 15.8. The van der Waals surface area contributed by atoms with Crippen molar-refractivity contribution in [1.82, 2.24) is 15.2 Å². The lowest BCUT2D eigenvalue weighted by Gasteiger charge is -2.30. The number of hydrogen-bond acceptors (Lipinski definition) is 5. The highest BCUT2D eigenvalue weighted by Gasteiger charge is 2.19. The third kappa shape index (κ3) is 4.01. The monoisotopic (exact) mass is 345 g/mol. The molecule has 0 saturated carbocycles. The number of nitrogens with zero attached hydrogens (tertiary/aromatic N) is 2. The first kappa shape index (κ1) is 17.1. The van der Waals surface area contributed by atoms with Crippen LogP contribution in [-0.2, 0) is 13.0 Å². The molecule has 3 rings (SSSR count). The van der Waals surface area contributed by atoms with E-state index in [2.05, 4.69) is 39.5 Å². The molecule has 1 aromatic heterocycles. The van der Waals surface area contributed by atoms with Crippen LogP contribution in [0.5, 0.6) is 0 Å². The number of aliphatic hydroxyl groups is 1. The molecular weight excluding hydrogens is 322 g/mol. The fraction of sp³-hybridized carbons (Fsp3) is 0.444. The largest absolute Gasteiger partial charge is 0.390 e. The molecule has 1 amide bonds. The van der Waals surface area contributed by atoms with E-state index in [1.165, 1.54) is 22.5 Å². The SMILES string of the molecule is Cc1nc(C)c(C(=O)NCC(O)CN2CCc3ccccc3C2)s1. The number of carbonyl (C=O) groups is 1. The zero-order chi connectivity index (χ0) is 17.1. The highest BCUT2D eigenvalue weighted by atomic mass is 32.1. The summed E-state index contributed by atoms with van der Waals surface area (Å²) in [5, 5.41) is 13.9. The van der Waals surface area contributed by atoms with Crippen molar-refractivity contribution in [1.29, 1.82) is 0 Å². The molecule has 2 heterocycles. The molecular formula is C18H23N3O2S. The van der Waals surface area contributed by atoms with Crippen LogP contribution in [0.15, 0.2) is 24.3 Å². The molecule has 128 valence electrons. The summed E-state index contributed by atoms with van der Waals surface area (Å²) in [4.78, 5) is 19.3. The van der Waals surface area contributed by atoms with Crippen LogP contribution in [0.2, 0.25) is 0 Å². The number of benzene rings is 1. The molecule has 2 N–H and O–H groups in total. The molecule has 1 unspecified atom stereocenters. The Morgan fingerprint density at radius 3 is 2.83 bits per heavy atom. The number of thiazole rings is 1. The second kappa shape index (κ2) is 7.42. The van der Waals surface area contributed by atoms with Gasteiger partial charge in [-0.2, -0.15) is 0 Å². The minimum Gasteiger partial charge on any atom is -0.390 e. The molecule has 24 heavy (non-hydrogen) atoms. The van der Waals surface area contributed by atoms with Crippen molar-refractivity contribution < 1.29 is 9.90 Å². The van der Waals surface area contributed by atoms with Crippen LogP contribution < -0.4 is 5.32 Å². The number of aromatic nitrogens is 1. The van der Waals surface area contributed by atoms with Gasteiger partial charge in [0.2, 0.25) is 0 Å². The molecule has 1 atom stereocenters. The van der Waals surface area contributed by atoms with E-state index in [1.807, 2.05) is 13.8 Å². The first-order chi connectivity index (χ1) is 11.5. The van der Waals surface area contributed by atoms with Crippen molar-refractivity contribution >= 4 is 17.2 Å². The number of aliphatic hydroxyl groups excluding tert-OH is 1. The standard InChI is InChI=1S/C18H23N3O2S/c1-12-17(24-13(2)20-12)18(23)19-9-16(22)11-21-8-7-14-5-3-4-6-15(14)10-21/h3-6,16,22H,7-11H2,1-2H3,(H,19,23). The van der Waals surface area contributed by atoms with Crippen LogP contribution in [0.4, 0.5) is 0 Å². The average Bonchev–Trinajstić information content (AvgIpc) is 2.91. The van der Waals surface area contributed by atoms with Crippen molar-refractivity contribution in [2.45, 2.75) is 32.9 Å². The Morgan fingerprint density at radius 1 is 1.38 bits per heavy atom. The Kier molecular flexibility index (Phi) is 5.28. The number of aryl methyl sites for hydroxylation is 2. The maximum atomic E-state index is 12.2. The zero-order valence-electron chi connectivity index (χ0n) is 14.1. The molecule has 1 aliphatic heterocycles. The summed E-state index contributed by atoms with van der Waals surface area (Å²) in [6, 6.07) is 8.44. The second-order valence-electron chi connectivity index (χ2n) is 6.27. The fourth-order valence-electron chi connectivity index (χ4n) is 3.11. The Bertz CT molecular complexity index is 729. The van der Waals surface area contributed by atoms with Gasteiger partial charge in [0, 0.05) is 26.2 Å². The topological polar surface area (TPSA) is 65.5 Å². The van der Waals surface area contributed by atoms with E-state index in [0.717, 1.165) is 30.2 Å². The molecule has 5 nitrogen and oxygen atoms in total. The van der Waals surface area contributed by atoms with E-state index in [0.29, 0.717) is 11.4 Å². The fourth-order valence-corrected chi connectivity index (χ4v) is 3.94. The van der Waals surface area contributed by atoms with Crippen LogP contribution in [0.25, 0.3) is 0 Å². The van der Waals surface area contributed by atoms with Gasteiger partial charge >= 0.3 is 0 Å². The van der Waals surface area contributed by atoms with Crippen LogP contribution in [0, 0.1) is 13.8 Å². The van der Waals surface area contributed by atoms with E-state index in [1.54, 1.807) is 0 Å². The lowest BCUT2D eigenvalue weighted by molar-refractivity contribution is 0.0844. The maximum Gasteiger partial charge on any atom is 0.263 e. The van der Waals surface area contributed by atoms with E-state index in [9.17, 15) is 9.90 Å². The van der Waals surface area contributed by atoms with Crippen molar-refractivity contribution in [2.75, 3.05) is 19.6 Å². The predicted octanol–water partition coefficient (Wildman–Crippen LogP) is 1.91. The van der Waals surface area contributed by atoms with Crippen molar-refractivity contribution in [2.24, 2.45) is 0 Å². The number of fused-ring (bicyclic) bond motifs is 1. The number of nitrogens with one attached hydrogen (secondary N) is 1. The summed E-state index contributed by atoms with van der Waals surface area (Å²) in [7, 11) is 0. The predicted molar refractivity (Wildman–Crippen MR) is 95.4 cm³/mol. The first-order valence-corrected chi connectivity index (χ1v) is 9.04. The minimum absolute atomic E-state index is 0.152. The Balaban J connectivity index is 1.49. The van der Waals surface area contributed by atoms with E-state index >= 15 is 0 Å². The first-order valence-electron chi connectivity index (χ1n) is 8.22. The van der Waals surface area contributed by atoms with E-state index < -0.39 is 6.10 Å². The molecule has 0 bridgehead atoms. The molecule has 0 radical (unpaired) electrons. The number of carbonyl (C=O) groups excluding carboxylic acids is 1. The van der Waals surface area contributed by atoms with Gasteiger partial charge in [-0.1, -0.05) is 24.3 Å². The molecule has 0 aliphatic carbocycles. The average molecular weight is 345 g/mol. The molecule has 1 aromatic carbocycles. The van der Waals surface area contributed by atoms with Gasteiger partial charge in [0.1, 0.15) is 4.88 Å². The molecule has 0 fully saturated rings. The molecule has 0 saturated heterocycles. The number of hydrogen-bond donors (Lipinski definition) is 2. The summed E-state index contributed by atoms with van der Waals surface area (Å²) >= 11 is 1.39. The Hall–Kier alpha value is -1.76. The summed E-state index contributed by atoms with van der Waals surface area (Å²) in [6.45, 7) is 6.34. The highest BCUT2D eigenvalue weighted by molar-refractivity contribution is 7.13. The van der Waals surface area contributed by atoms with Crippen LogP contribution >= 0.6 is 11.3 Å². The smallest absolute Gasteiger partial charge is 0.263 e. The van der Waals surface area contributed by atoms with Gasteiger partial charge < -0.3 is 10.4 Å². The van der Waals surface area contributed by atoms with E-state index in [-0.39, 0.29) is 12.5 Å². The van der Waals surface area contributed by atoms with Gasteiger partial charge in [0.15, 0.2) is 0 Å². The Morgan fingerprint density at radius 2 is 2.12 bits per heavy atom. The summed E-state index contributed by atoms with van der Waals surface area (Å²) in [6.07, 6.45) is 0.433. The third-order valence-corrected chi connectivity index (χ3v) is 5.36. The van der Waals surface area contributed by atoms with Gasteiger partial charge in [-0.25, -0.2) is 4.98 Å². The maximum absolute atomic E-state index is 12.2. The summed E-state index contributed by atoms with van der Waals surface area (Å²) in [5.41, 5.74) is 3.47. The quantitative estimate of drug-likeness (QED) is 0.869. The number of amides is 1.